The van der Waals surface area contributed by atoms with Crippen molar-refractivity contribution in [3.05, 3.63) is 41.5 Å². The Morgan fingerprint density at radius 2 is 2.05 bits per heavy atom. The molecule has 0 unspecified atom stereocenters. The Morgan fingerprint density at radius 1 is 1.27 bits per heavy atom. The lowest BCUT2D eigenvalue weighted by molar-refractivity contribution is 0.229. The second-order valence-electron chi connectivity index (χ2n) is 5.72. The molecule has 0 aliphatic heterocycles. The SMILES string of the molecule is CCCOc1ccc(/C=C/c2nc(C3(N)CCC3)no2)cc1. The molecule has 2 aromatic rings. The fourth-order valence-electron chi connectivity index (χ4n) is 2.35. The van der Waals surface area contributed by atoms with Gasteiger partial charge in [-0.05, 0) is 49.5 Å². The lowest BCUT2D eigenvalue weighted by Gasteiger charge is -2.34. The van der Waals surface area contributed by atoms with E-state index in [0.29, 0.717) is 11.7 Å². The summed E-state index contributed by atoms with van der Waals surface area (Å²) in [5.74, 6) is 1.98. The van der Waals surface area contributed by atoms with Gasteiger partial charge >= 0.3 is 0 Å². The summed E-state index contributed by atoms with van der Waals surface area (Å²) in [6.45, 7) is 2.83. The molecule has 1 saturated carbocycles. The predicted molar refractivity (Wildman–Crippen MR) is 85.2 cm³/mol. The first kappa shape index (κ1) is 14.8. The number of rotatable bonds is 6. The first-order valence-electron chi connectivity index (χ1n) is 7.74. The summed E-state index contributed by atoms with van der Waals surface area (Å²) in [5.41, 5.74) is 6.85. The number of aromatic nitrogens is 2. The van der Waals surface area contributed by atoms with Crippen molar-refractivity contribution in [1.29, 1.82) is 0 Å². The van der Waals surface area contributed by atoms with Crippen LogP contribution < -0.4 is 10.5 Å². The highest BCUT2D eigenvalue weighted by atomic mass is 16.5. The third-order valence-electron chi connectivity index (χ3n) is 3.90. The summed E-state index contributed by atoms with van der Waals surface area (Å²) in [5, 5.41) is 3.99. The third-order valence-corrected chi connectivity index (χ3v) is 3.90. The quantitative estimate of drug-likeness (QED) is 0.885. The van der Waals surface area contributed by atoms with Gasteiger partial charge in [0.15, 0.2) is 5.82 Å². The van der Waals surface area contributed by atoms with Gasteiger partial charge in [0.05, 0.1) is 12.1 Å². The molecule has 0 amide bonds. The Kier molecular flexibility index (Phi) is 4.24. The molecule has 5 nitrogen and oxygen atoms in total. The molecule has 22 heavy (non-hydrogen) atoms. The molecule has 0 saturated heterocycles. The molecule has 1 aliphatic rings. The summed E-state index contributed by atoms with van der Waals surface area (Å²) in [7, 11) is 0. The van der Waals surface area contributed by atoms with E-state index in [1.807, 2.05) is 30.3 Å². The van der Waals surface area contributed by atoms with Crippen LogP contribution in [-0.4, -0.2) is 16.7 Å². The maximum atomic E-state index is 6.18. The maximum absolute atomic E-state index is 6.18. The van der Waals surface area contributed by atoms with Crippen LogP contribution in [0.15, 0.2) is 28.8 Å². The van der Waals surface area contributed by atoms with Gasteiger partial charge in [0.25, 0.3) is 5.89 Å². The normalized spacial score (nSPS) is 16.6. The average Bonchev–Trinajstić information content (AvgIpc) is 2.99. The molecular formula is C17H21N3O2. The number of hydrogen-bond acceptors (Lipinski definition) is 5. The monoisotopic (exact) mass is 299 g/mol. The summed E-state index contributed by atoms with van der Waals surface area (Å²) >= 11 is 0. The van der Waals surface area contributed by atoms with Crippen molar-refractivity contribution in [3.63, 3.8) is 0 Å². The first-order valence-corrected chi connectivity index (χ1v) is 7.74. The van der Waals surface area contributed by atoms with Crippen molar-refractivity contribution >= 4 is 12.2 Å². The zero-order chi connectivity index (χ0) is 15.4. The zero-order valence-corrected chi connectivity index (χ0v) is 12.8. The Labute approximate surface area is 130 Å². The standard InChI is InChI=1S/C17H21N3O2/c1-2-12-21-14-7-4-13(5-8-14)6-9-15-19-16(20-22-15)17(18)10-3-11-17/h4-9H,2-3,10-12,18H2,1H3/b9-6+. The van der Waals surface area contributed by atoms with Crippen LogP contribution in [0.5, 0.6) is 5.75 Å². The number of nitrogens with zero attached hydrogens (tertiary/aromatic N) is 2. The van der Waals surface area contributed by atoms with Crippen molar-refractivity contribution in [3.8, 4) is 5.75 Å². The fraction of sp³-hybridized carbons (Fsp3) is 0.412. The molecule has 1 aromatic carbocycles. The molecule has 0 radical (unpaired) electrons. The van der Waals surface area contributed by atoms with E-state index in [4.69, 9.17) is 15.0 Å². The third kappa shape index (κ3) is 3.20. The number of nitrogens with two attached hydrogens (primary N) is 1. The highest BCUT2D eigenvalue weighted by molar-refractivity contribution is 5.66. The van der Waals surface area contributed by atoms with E-state index in [1.165, 1.54) is 0 Å². The summed E-state index contributed by atoms with van der Waals surface area (Å²) in [4.78, 5) is 4.36. The minimum absolute atomic E-state index is 0.381. The van der Waals surface area contributed by atoms with Gasteiger partial charge < -0.3 is 15.0 Å². The fourth-order valence-corrected chi connectivity index (χ4v) is 2.35. The molecule has 116 valence electrons. The van der Waals surface area contributed by atoms with Crippen LogP contribution in [0, 0.1) is 0 Å². The Morgan fingerprint density at radius 3 is 2.68 bits per heavy atom. The topological polar surface area (TPSA) is 74.2 Å². The first-order chi connectivity index (χ1) is 10.7. The van der Waals surface area contributed by atoms with Gasteiger partial charge in [-0.15, -0.1) is 0 Å². The summed E-state index contributed by atoms with van der Waals surface area (Å²) in [6, 6.07) is 7.90. The van der Waals surface area contributed by atoms with Crippen LogP contribution in [0.3, 0.4) is 0 Å². The summed E-state index contributed by atoms with van der Waals surface area (Å²) in [6.07, 6.45) is 7.72. The minimum atomic E-state index is -0.381. The molecule has 0 atom stereocenters. The van der Waals surface area contributed by atoms with Gasteiger partial charge in [0, 0.05) is 6.08 Å². The molecule has 1 aromatic heterocycles. The van der Waals surface area contributed by atoms with Gasteiger partial charge in [-0.3, -0.25) is 0 Å². The van der Waals surface area contributed by atoms with Gasteiger partial charge in [-0.2, -0.15) is 4.98 Å². The van der Waals surface area contributed by atoms with Crippen LogP contribution >= 0.6 is 0 Å². The molecule has 0 spiro atoms. The molecule has 5 heteroatoms. The van der Waals surface area contributed by atoms with Crippen molar-refractivity contribution in [2.24, 2.45) is 5.73 Å². The van der Waals surface area contributed by atoms with E-state index >= 15 is 0 Å². The van der Waals surface area contributed by atoms with Gasteiger partial charge in [0.1, 0.15) is 5.75 Å². The molecule has 0 bridgehead atoms. The van der Waals surface area contributed by atoms with Crippen LogP contribution in [0.25, 0.3) is 12.2 Å². The molecule has 2 N–H and O–H groups in total. The van der Waals surface area contributed by atoms with Crippen LogP contribution in [-0.2, 0) is 5.54 Å². The molecule has 1 heterocycles. The Balaban J connectivity index is 1.64. The van der Waals surface area contributed by atoms with Gasteiger partial charge in [-0.1, -0.05) is 24.2 Å². The highest BCUT2D eigenvalue weighted by Gasteiger charge is 2.38. The van der Waals surface area contributed by atoms with E-state index in [0.717, 1.165) is 43.6 Å². The molecule has 3 rings (SSSR count). The van der Waals surface area contributed by atoms with Crippen molar-refractivity contribution in [1.82, 2.24) is 10.1 Å². The maximum Gasteiger partial charge on any atom is 0.250 e. The molecule has 1 fully saturated rings. The van der Waals surface area contributed by atoms with Crippen molar-refractivity contribution < 1.29 is 9.26 Å². The van der Waals surface area contributed by atoms with Crippen molar-refractivity contribution in [2.75, 3.05) is 6.61 Å². The lowest BCUT2D eigenvalue weighted by Crippen LogP contribution is -2.44. The van der Waals surface area contributed by atoms with Crippen LogP contribution in [0.4, 0.5) is 0 Å². The second-order valence-corrected chi connectivity index (χ2v) is 5.72. The zero-order valence-electron chi connectivity index (χ0n) is 12.8. The van der Waals surface area contributed by atoms with E-state index in [1.54, 1.807) is 6.08 Å². The Hall–Kier alpha value is -2.14. The van der Waals surface area contributed by atoms with Gasteiger partial charge in [0.2, 0.25) is 0 Å². The van der Waals surface area contributed by atoms with E-state index in [2.05, 4.69) is 17.1 Å². The summed E-state index contributed by atoms with van der Waals surface area (Å²) < 4.78 is 10.8. The Bertz CT molecular complexity index is 642. The largest absolute Gasteiger partial charge is 0.494 e. The minimum Gasteiger partial charge on any atom is -0.494 e. The number of benzene rings is 1. The predicted octanol–water partition coefficient (Wildman–Crippen LogP) is 3.37. The van der Waals surface area contributed by atoms with Crippen LogP contribution in [0.2, 0.25) is 0 Å². The van der Waals surface area contributed by atoms with E-state index in [-0.39, 0.29) is 5.54 Å². The smallest absolute Gasteiger partial charge is 0.250 e. The van der Waals surface area contributed by atoms with Crippen molar-refractivity contribution in [2.45, 2.75) is 38.1 Å². The highest BCUT2D eigenvalue weighted by Crippen LogP contribution is 2.36. The molecular weight excluding hydrogens is 278 g/mol. The average molecular weight is 299 g/mol. The lowest BCUT2D eigenvalue weighted by atomic mass is 9.77. The molecule has 1 aliphatic carbocycles. The van der Waals surface area contributed by atoms with Crippen LogP contribution in [0.1, 0.15) is 49.9 Å². The number of hydrogen-bond donors (Lipinski definition) is 1. The van der Waals surface area contributed by atoms with E-state index < -0.39 is 0 Å². The van der Waals surface area contributed by atoms with Gasteiger partial charge in [-0.25, -0.2) is 0 Å². The van der Waals surface area contributed by atoms with E-state index in [9.17, 15) is 0 Å². The number of ether oxygens (including phenoxy) is 1. The second kappa shape index (κ2) is 6.32.